The largest absolute Gasteiger partial charge is 0.474 e. The second-order valence-corrected chi connectivity index (χ2v) is 8.55. The number of benzene rings is 2. The first-order valence-corrected chi connectivity index (χ1v) is 10.5. The van der Waals surface area contributed by atoms with Gasteiger partial charge in [0.2, 0.25) is 10.0 Å². The third-order valence-electron chi connectivity index (χ3n) is 4.54. The van der Waals surface area contributed by atoms with Crippen LogP contribution in [0.2, 0.25) is 0 Å². The molecule has 1 aliphatic rings. The van der Waals surface area contributed by atoms with E-state index in [0.29, 0.717) is 18.8 Å². The number of sulfonamides is 1. The molecule has 0 saturated carbocycles. The summed E-state index contributed by atoms with van der Waals surface area (Å²) in [6.45, 7) is 2.24. The third-order valence-corrected chi connectivity index (χ3v) is 6.44. The number of anilines is 1. The van der Waals surface area contributed by atoms with Crippen LogP contribution in [0.25, 0.3) is 0 Å². The topological polar surface area (TPSA) is 119 Å². The van der Waals surface area contributed by atoms with Crippen LogP contribution >= 0.6 is 0 Å². The molecule has 154 valence electrons. The molecule has 0 spiro atoms. The summed E-state index contributed by atoms with van der Waals surface area (Å²) < 4.78 is 32.1. The zero-order valence-corrected chi connectivity index (χ0v) is 16.6. The van der Waals surface area contributed by atoms with E-state index in [9.17, 15) is 23.3 Å². The fourth-order valence-corrected chi connectivity index (χ4v) is 4.52. The van der Waals surface area contributed by atoms with Crippen molar-refractivity contribution in [2.75, 3.05) is 18.4 Å². The van der Waals surface area contributed by atoms with Crippen molar-refractivity contribution in [1.82, 2.24) is 4.31 Å². The van der Waals surface area contributed by atoms with Gasteiger partial charge in [0.1, 0.15) is 0 Å². The van der Waals surface area contributed by atoms with Crippen molar-refractivity contribution in [3.63, 3.8) is 0 Å². The molecule has 1 amide bonds. The molecule has 3 rings (SSSR count). The fourth-order valence-electron chi connectivity index (χ4n) is 2.99. The second kappa shape index (κ2) is 8.58. The number of hydrogen-bond acceptors (Lipinski definition) is 6. The van der Waals surface area contributed by atoms with E-state index in [1.807, 2.05) is 0 Å². The lowest BCUT2D eigenvalue weighted by atomic mass is 10.2. The van der Waals surface area contributed by atoms with Gasteiger partial charge in [0, 0.05) is 24.8 Å². The van der Waals surface area contributed by atoms with Gasteiger partial charge in [-0.3, -0.25) is 14.9 Å². The highest BCUT2D eigenvalue weighted by atomic mass is 32.2. The molecular formula is C19H21N3O6S. The number of hydrogen-bond donors (Lipinski definition) is 1. The van der Waals surface area contributed by atoms with Crippen LogP contribution in [0.5, 0.6) is 5.75 Å². The average molecular weight is 419 g/mol. The smallest absolute Gasteiger partial charge is 0.312 e. The van der Waals surface area contributed by atoms with Crippen LogP contribution in [-0.2, 0) is 14.8 Å². The van der Waals surface area contributed by atoms with Crippen LogP contribution < -0.4 is 10.1 Å². The van der Waals surface area contributed by atoms with Crippen LogP contribution in [-0.4, -0.2) is 42.7 Å². The molecule has 1 aliphatic heterocycles. The van der Waals surface area contributed by atoms with Crippen LogP contribution in [0.15, 0.2) is 53.4 Å². The molecule has 2 aromatic carbocycles. The van der Waals surface area contributed by atoms with E-state index in [4.69, 9.17) is 4.74 Å². The number of carbonyl (C=O) groups is 1. The lowest BCUT2D eigenvalue weighted by molar-refractivity contribution is -0.386. The average Bonchev–Trinajstić information content (AvgIpc) is 3.24. The maximum absolute atomic E-state index is 12.7. The Morgan fingerprint density at radius 2 is 1.83 bits per heavy atom. The molecular weight excluding hydrogens is 398 g/mol. The van der Waals surface area contributed by atoms with E-state index in [0.717, 1.165) is 18.9 Å². The number of nitro benzene ring substituents is 1. The number of nitrogens with one attached hydrogen (secondary N) is 1. The first kappa shape index (κ1) is 20.7. The van der Waals surface area contributed by atoms with Gasteiger partial charge in [-0.25, -0.2) is 8.42 Å². The highest BCUT2D eigenvalue weighted by molar-refractivity contribution is 7.89. The SMILES string of the molecule is C[C@H](Oc1ccc(S(=O)(=O)N2CCCC2)cc1[N+](=O)[O-])C(=O)Nc1ccccc1. The lowest BCUT2D eigenvalue weighted by Crippen LogP contribution is -2.30. The lowest BCUT2D eigenvalue weighted by Gasteiger charge is -2.17. The normalized spacial score (nSPS) is 15.6. The molecule has 1 saturated heterocycles. The number of nitro groups is 1. The van der Waals surface area contributed by atoms with Gasteiger partial charge in [0.25, 0.3) is 5.91 Å². The quantitative estimate of drug-likeness (QED) is 0.544. The Labute approximate surface area is 168 Å². The molecule has 2 aromatic rings. The summed E-state index contributed by atoms with van der Waals surface area (Å²) in [6.07, 6.45) is 0.488. The number of carbonyl (C=O) groups excluding carboxylic acids is 1. The molecule has 1 atom stereocenters. The zero-order valence-electron chi connectivity index (χ0n) is 15.8. The van der Waals surface area contributed by atoms with Crippen molar-refractivity contribution in [2.24, 2.45) is 0 Å². The maximum Gasteiger partial charge on any atom is 0.312 e. The van der Waals surface area contributed by atoms with Crippen molar-refractivity contribution in [1.29, 1.82) is 0 Å². The summed E-state index contributed by atoms with van der Waals surface area (Å²) in [5.74, 6) is -0.662. The van der Waals surface area contributed by atoms with E-state index < -0.39 is 32.6 Å². The number of ether oxygens (including phenoxy) is 1. The zero-order chi connectivity index (χ0) is 21.0. The van der Waals surface area contributed by atoms with Crippen molar-refractivity contribution in [3.8, 4) is 5.75 Å². The van der Waals surface area contributed by atoms with Crippen molar-refractivity contribution < 1.29 is 22.9 Å². The molecule has 9 nitrogen and oxygen atoms in total. The number of nitrogens with zero attached hydrogens (tertiary/aromatic N) is 2. The van der Waals surface area contributed by atoms with Crippen molar-refractivity contribution in [3.05, 3.63) is 58.6 Å². The predicted molar refractivity (Wildman–Crippen MR) is 106 cm³/mol. The van der Waals surface area contributed by atoms with Gasteiger partial charge in [-0.15, -0.1) is 0 Å². The van der Waals surface area contributed by atoms with Gasteiger partial charge in [-0.1, -0.05) is 18.2 Å². The molecule has 0 aliphatic carbocycles. The Balaban J connectivity index is 1.80. The molecule has 0 bridgehead atoms. The van der Waals surface area contributed by atoms with Gasteiger partial charge in [-0.2, -0.15) is 4.31 Å². The molecule has 10 heteroatoms. The number of rotatable bonds is 7. The van der Waals surface area contributed by atoms with Crippen molar-refractivity contribution in [2.45, 2.75) is 30.8 Å². The first-order chi connectivity index (χ1) is 13.8. The summed E-state index contributed by atoms with van der Waals surface area (Å²) in [5, 5.41) is 14.1. The summed E-state index contributed by atoms with van der Waals surface area (Å²) in [7, 11) is -3.80. The highest BCUT2D eigenvalue weighted by Crippen LogP contribution is 2.32. The van der Waals surface area contributed by atoms with E-state index in [2.05, 4.69) is 5.32 Å². The van der Waals surface area contributed by atoms with Gasteiger partial charge in [0.05, 0.1) is 9.82 Å². The monoisotopic (exact) mass is 419 g/mol. The molecule has 1 fully saturated rings. The van der Waals surface area contributed by atoms with E-state index in [1.165, 1.54) is 23.4 Å². The molecule has 0 aromatic heterocycles. The Morgan fingerprint density at radius 3 is 2.45 bits per heavy atom. The minimum absolute atomic E-state index is 0.167. The van der Waals surface area contributed by atoms with Crippen LogP contribution in [0, 0.1) is 10.1 Å². The van der Waals surface area contributed by atoms with E-state index in [1.54, 1.807) is 30.3 Å². The maximum atomic E-state index is 12.7. The highest BCUT2D eigenvalue weighted by Gasteiger charge is 2.30. The summed E-state index contributed by atoms with van der Waals surface area (Å²) >= 11 is 0. The molecule has 1 heterocycles. The van der Waals surface area contributed by atoms with Crippen LogP contribution in [0.3, 0.4) is 0 Å². The van der Waals surface area contributed by atoms with Gasteiger partial charge in [0.15, 0.2) is 11.9 Å². The number of para-hydroxylation sites is 1. The summed E-state index contributed by atoms with van der Waals surface area (Å²) in [4.78, 5) is 22.9. The first-order valence-electron chi connectivity index (χ1n) is 9.10. The number of amides is 1. The van der Waals surface area contributed by atoms with Gasteiger partial charge in [-0.05, 0) is 44.0 Å². The molecule has 29 heavy (non-hydrogen) atoms. The Bertz CT molecular complexity index is 1000. The van der Waals surface area contributed by atoms with Crippen molar-refractivity contribution >= 4 is 27.3 Å². The molecule has 0 radical (unpaired) electrons. The second-order valence-electron chi connectivity index (χ2n) is 6.61. The molecule has 0 unspecified atom stereocenters. The summed E-state index contributed by atoms with van der Waals surface area (Å²) in [5.41, 5.74) is 0.0548. The Kier molecular flexibility index (Phi) is 6.14. The minimum Gasteiger partial charge on any atom is -0.474 e. The van der Waals surface area contributed by atoms with Gasteiger partial charge >= 0.3 is 5.69 Å². The standard InChI is InChI=1S/C19H21N3O6S/c1-14(19(23)20-15-7-3-2-4-8-15)28-18-10-9-16(13-17(18)22(24)25)29(26,27)21-11-5-6-12-21/h2-4,7-10,13-14H,5-6,11-12H2,1H3,(H,20,23)/t14-/m0/s1. The fraction of sp³-hybridized carbons (Fsp3) is 0.316. The Hall–Kier alpha value is -2.98. The van der Waals surface area contributed by atoms with Crippen LogP contribution in [0.1, 0.15) is 19.8 Å². The Morgan fingerprint density at radius 1 is 1.17 bits per heavy atom. The minimum atomic E-state index is -3.80. The van der Waals surface area contributed by atoms with Gasteiger partial charge < -0.3 is 10.1 Å². The predicted octanol–water partition coefficient (Wildman–Crippen LogP) is 2.79. The van der Waals surface area contributed by atoms with Crippen LogP contribution in [0.4, 0.5) is 11.4 Å². The molecule has 1 N–H and O–H groups in total. The third kappa shape index (κ3) is 4.72. The summed E-state index contributed by atoms with van der Waals surface area (Å²) in [6, 6.07) is 12.2. The van der Waals surface area contributed by atoms with E-state index in [-0.39, 0.29) is 10.6 Å². The van der Waals surface area contributed by atoms with E-state index >= 15 is 0 Å².